The zero-order chi connectivity index (χ0) is 22.9. The number of rotatable bonds is 8. The molecule has 0 bridgehead atoms. The molecular formula is C12H15ClN6O8S3. The topological polar surface area (TPSA) is 218 Å². The number of anilines is 3. The van der Waals surface area contributed by atoms with Crippen molar-refractivity contribution in [3.63, 3.8) is 0 Å². The van der Waals surface area contributed by atoms with Gasteiger partial charge in [0.2, 0.25) is 27.2 Å². The zero-order valence-electron chi connectivity index (χ0n) is 15.1. The predicted octanol–water partition coefficient (Wildman–Crippen LogP) is 0.0691. The van der Waals surface area contributed by atoms with Crippen LogP contribution in [0.1, 0.15) is 6.92 Å². The van der Waals surface area contributed by atoms with E-state index in [1.807, 2.05) is 0 Å². The van der Waals surface area contributed by atoms with E-state index in [1.54, 1.807) is 0 Å². The highest BCUT2D eigenvalue weighted by Crippen LogP contribution is 2.27. The Morgan fingerprint density at radius 1 is 0.967 bits per heavy atom. The lowest BCUT2D eigenvalue weighted by Crippen LogP contribution is -2.37. The largest absolute Gasteiger partial charge is 0.338 e. The Morgan fingerprint density at radius 3 is 2.10 bits per heavy atom. The predicted molar refractivity (Wildman–Crippen MR) is 105 cm³/mol. The molecule has 0 saturated carbocycles. The maximum Gasteiger partial charge on any atom is 0.296 e. The molecule has 2 aromatic rings. The van der Waals surface area contributed by atoms with Gasteiger partial charge in [-0.05, 0) is 36.7 Å². The average molecular weight is 503 g/mol. The molecule has 14 nitrogen and oxygen atoms in total. The Morgan fingerprint density at radius 2 is 1.57 bits per heavy atom. The van der Waals surface area contributed by atoms with Gasteiger partial charge in [0.25, 0.3) is 20.2 Å². The van der Waals surface area contributed by atoms with Gasteiger partial charge in [0.1, 0.15) is 4.90 Å². The third-order valence-corrected chi connectivity index (χ3v) is 5.83. The van der Waals surface area contributed by atoms with Crippen LogP contribution in [-0.4, -0.2) is 61.7 Å². The van der Waals surface area contributed by atoms with Gasteiger partial charge in [-0.25, -0.2) is 8.42 Å². The van der Waals surface area contributed by atoms with Crippen LogP contribution in [0.2, 0.25) is 5.28 Å². The summed E-state index contributed by atoms with van der Waals surface area (Å²) in [7, 11) is -13.1. The fourth-order valence-electron chi connectivity index (χ4n) is 2.13. The van der Waals surface area contributed by atoms with E-state index in [4.69, 9.17) is 16.2 Å². The van der Waals surface area contributed by atoms with Gasteiger partial charge >= 0.3 is 0 Å². The molecule has 1 atom stereocenters. The molecule has 1 aromatic heterocycles. The molecule has 0 aliphatic heterocycles. The van der Waals surface area contributed by atoms with Crippen molar-refractivity contribution >= 4 is 59.4 Å². The second kappa shape index (κ2) is 8.53. The highest BCUT2D eigenvalue weighted by Gasteiger charge is 2.21. The van der Waals surface area contributed by atoms with Crippen LogP contribution in [0.3, 0.4) is 0 Å². The van der Waals surface area contributed by atoms with Crippen molar-refractivity contribution in [2.45, 2.75) is 22.9 Å². The second-order valence-electron chi connectivity index (χ2n) is 5.74. The molecule has 0 aliphatic rings. The third-order valence-electron chi connectivity index (χ3n) is 3.12. The van der Waals surface area contributed by atoms with E-state index in [0.29, 0.717) is 0 Å². The van der Waals surface area contributed by atoms with Gasteiger partial charge in [0, 0.05) is 0 Å². The number of hydrogen-bond donors (Lipinski definition) is 5. The summed E-state index contributed by atoms with van der Waals surface area (Å²) < 4.78 is 89.0. The lowest BCUT2D eigenvalue weighted by atomic mass is 10.3. The molecule has 0 radical (unpaired) electrons. The minimum atomic E-state index is -4.81. The van der Waals surface area contributed by atoms with E-state index in [1.165, 1.54) is 6.92 Å². The molecule has 0 spiro atoms. The van der Waals surface area contributed by atoms with Crippen LogP contribution in [0.15, 0.2) is 28.0 Å². The summed E-state index contributed by atoms with van der Waals surface area (Å²) in [5.41, 5.74) is -0.497. The van der Waals surface area contributed by atoms with Crippen molar-refractivity contribution in [1.29, 1.82) is 0 Å². The normalized spacial score (nSPS) is 13.6. The molecule has 1 aromatic carbocycles. The van der Waals surface area contributed by atoms with Gasteiger partial charge in [-0.2, -0.15) is 36.5 Å². The Bertz CT molecular complexity index is 1280. The molecule has 166 valence electrons. The molecule has 1 unspecified atom stereocenters. The first-order valence-electron chi connectivity index (χ1n) is 7.56. The molecule has 18 heteroatoms. The van der Waals surface area contributed by atoms with Gasteiger partial charge in [0.05, 0.1) is 23.0 Å². The van der Waals surface area contributed by atoms with E-state index in [2.05, 4.69) is 30.3 Å². The summed E-state index contributed by atoms with van der Waals surface area (Å²) >= 11 is 5.78. The Hall–Kier alpha value is -2.15. The van der Waals surface area contributed by atoms with E-state index in [-0.39, 0.29) is 17.2 Å². The molecular weight excluding hydrogens is 488 g/mol. The van der Waals surface area contributed by atoms with Crippen LogP contribution >= 0.6 is 11.6 Å². The smallest absolute Gasteiger partial charge is 0.296 e. The first kappa shape index (κ1) is 24.1. The van der Waals surface area contributed by atoms with Crippen molar-refractivity contribution in [1.82, 2.24) is 19.7 Å². The van der Waals surface area contributed by atoms with Gasteiger partial charge < -0.3 is 10.6 Å². The number of benzene rings is 1. The number of sulfonamides is 1. The highest BCUT2D eigenvalue weighted by atomic mass is 35.5. The molecule has 0 amide bonds. The maximum absolute atomic E-state index is 11.6. The van der Waals surface area contributed by atoms with Crippen molar-refractivity contribution in [3.05, 3.63) is 23.5 Å². The van der Waals surface area contributed by atoms with Gasteiger partial charge in [-0.1, -0.05) is 0 Å². The van der Waals surface area contributed by atoms with Crippen LogP contribution < -0.4 is 15.4 Å². The summed E-state index contributed by atoms with van der Waals surface area (Å²) in [4.78, 5) is 9.86. The number of nitrogens with one attached hydrogen (secondary N) is 3. The Kier molecular flexibility index (Phi) is 6.86. The van der Waals surface area contributed by atoms with E-state index >= 15 is 0 Å². The van der Waals surface area contributed by atoms with Crippen LogP contribution in [0, 0.1) is 0 Å². The second-order valence-corrected chi connectivity index (χ2v) is 10.7. The molecule has 30 heavy (non-hydrogen) atoms. The van der Waals surface area contributed by atoms with Crippen molar-refractivity contribution in [2.75, 3.05) is 16.9 Å². The van der Waals surface area contributed by atoms with Crippen LogP contribution in [0.5, 0.6) is 0 Å². The number of hydrogen-bond acceptors (Lipinski definition) is 11. The van der Waals surface area contributed by atoms with Crippen molar-refractivity contribution in [3.8, 4) is 0 Å². The standard InChI is InChI=1S/C12H15ClN6O8S3/c1-6(19-28(2,20)21)14-11-16-10(13)17-12(18-11)15-8-5-7(29(22,23)24)3-4-9(8)30(25,26)27/h3-6,19H,1-2H3,(H,22,23,24)(H,25,26,27)(H2,14,15,16,17,18). The molecule has 0 aliphatic carbocycles. The summed E-state index contributed by atoms with van der Waals surface area (Å²) in [6, 6.07) is 2.22. The van der Waals surface area contributed by atoms with Gasteiger partial charge in [-0.3, -0.25) is 9.11 Å². The van der Waals surface area contributed by atoms with E-state index in [9.17, 15) is 29.8 Å². The van der Waals surface area contributed by atoms with Crippen molar-refractivity contribution in [2.24, 2.45) is 0 Å². The molecule has 0 saturated heterocycles. The van der Waals surface area contributed by atoms with Crippen molar-refractivity contribution < 1.29 is 34.4 Å². The minimum Gasteiger partial charge on any atom is -0.338 e. The highest BCUT2D eigenvalue weighted by molar-refractivity contribution is 7.88. The number of halogens is 1. The monoisotopic (exact) mass is 502 g/mol. The minimum absolute atomic E-state index is 0.222. The summed E-state index contributed by atoms with van der Waals surface area (Å²) in [6.45, 7) is 1.43. The quantitative estimate of drug-likeness (QED) is 0.238. The van der Waals surface area contributed by atoms with Gasteiger partial charge in [0.15, 0.2) is 0 Å². The van der Waals surface area contributed by atoms with E-state index in [0.717, 1.165) is 24.5 Å². The summed E-state index contributed by atoms with van der Waals surface area (Å²) in [5, 5.41) is 4.53. The summed E-state index contributed by atoms with van der Waals surface area (Å²) in [5.74, 6) is -0.609. The van der Waals surface area contributed by atoms with Crippen LogP contribution in [0.4, 0.5) is 17.6 Å². The number of aromatic nitrogens is 3. The summed E-state index contributed by atoms with van der Waals surface area (Å²) in [6.07, 6.45) is 0.0555. The van der Waals surface area contributed by atoms with Crippen LogP contribution in [-0.2, 0) is 30.3 Å². The van der Waals surface area contributed by atoms with Crippen LogP contribution in [0.25, 0.3) is 0 Å². The lowest BCUT2D eigenvalue weighted by Gasteiger charge is -2.15. The molecule has 5 N–H and O–H groups in total. The SMILES string of the molecule is CC(Nc1nc(Cl)nc(Nc2cc(S(=O)(=O)O)ccc2S(=O)(=O)O)n1)NS(C)(=O)=O. The van der Waals surface area contributed by atoms with E-state index < -0.39 is 51.9 Å². The zero-order valence-corrected chi connectivity index (χ0v) is 18.3. The maximum atomic E-state index is 11.6. The van der Waals surface area contributed by atoms with Gasteiger partial charge in [-0.15, -0.1) is 0 Å². The Labute approximate surface area is 176 Å². The average Bonchev–Trinajstić information content (AvgIpc) is 2.50. The number of nitrogens with zero attached hydrogens (tertiary/aromatic N) is 3. The fourth-order valence-corrected chi connectivity index (χ4v) is 4.12. The molecule has 0 fully saturated rings. The Balaban J connectivity index is 2.46. The molecule has 2 rings (SSSR count). The molecule has 1 heterocycles. The lowest BCUT2D eigenvalue weighted by molar-refractivity contribution is 0.479. The first-order chi connectivity index (χ1) is 13.5. The third kappa shape index (κ3) is 6.97. The fraction of sp³-hybridized carbons (Fsp3) is 0.250. The first-order valence-corrected chi connectivity index (χ1v) is 12.7.